The minimum Gasteiger partial charge on any atom is -0.460 e. The first-order valence-corrected chi connectivity index (χ1v) is 16.4. The van der Waals surface area contributed by atoms with Crippen molar-refractivity contribution < 1.29 is 42.9 Å². The zero-order valence-corrected chi connectivity index (χ0v) is 27.7. The number of nitrogens with two attached hydrogens (primary N) is 1. The number of rotatable bonds is 22. The molecule has 14 heteroatoms. The van der Waals surface area contributed by atoms with Gasteiger partial charge in [0, 0.05) is 20.1 Å². The number of allylic oxidation sites excluding steroid dienone is 1. The van der Waals surface area contributed by atoms with Crippen LogP contribution in [0.25, 0.3) is 0 Å². The quantitative estimate of drug-likeness (QED) is 0.0205. The van der Waals surface area contributed by atoms with E-state index in [4.69, 9.17) is 24.8 Å². The van der Waals surface area contributed by atoms with Crippen molar-refractivity contribution in [3.05, 3.63) is 11.6 Å². The van der Waals surface area contributed by atoms with Crippen LogP contribution < -0.4 is 27.2 Å². The van der Waals surface area contributed by atoms with Gasteiger partial charge in [-0.15, -0.1) is 0 Å². The summed E-state index contributed by atoms with van der Waals surface area (Å²) in [6.45, 7) is 6.47. The molecule has 6 atom stereocenters. The molecule has 2 heterocycles. The number of hydrogen-bond donors (Lipinski definition) is 5. The number of hydrogen-bond acceptors (Lipinski definition) is 12. The molecule has 46 heavy (non-hydrogen) atoms. The Balaban J connectivity index is 1.24. The molecule has 260 valence electrons. The van der Waals surface area contributed by atoms with Gasteiger partial charge in [0.1, 0.15) is 23.4 Å². The first-order chi connectivity index (χ1) is 22.0. The fraction of sp³-hybridized carbons (Fsp3) is 0.781. The Morgan fingerprint density at radius 1 is 0.935 bits per heavy atom. The number of amides is 2. The molecule has 0 aromatic heterocycles. The van der Waals surface area contributed by atoms with Crippen LogP contribution >= 0.6 is 0 Å². The van der Waals surface area contributed by atoms with Gasteiger partial charge in [-0.1, -0.05) is 30.9 Å². The minimum atomic E-state index is -0.767. The van der Waals surface area contributed by atoms with Crippen molar-refractivity contribution in [1.29, 1.82) is 0 Å². The summed E-state index contributed by atoms with van der Waals surface area (Å²) in [4.78, 5) is 59.5. The van der Waals surface area contributed by atoms with Crippen molar-refractivity contribution in [1.82, 2.24) is 21.4 Å². The van der Waals surface area contributed by atoms with Crippen LogP contribution in [0.4, 0.5) is 0 Å². The maximum Gasteiger partial charge on any atom is 0.306 e. The summed E-state index contributed by atoms with van der Waals surface area (Å²) in [5.74, 6) is 2.50. The first kappa shape index (κ1) is 37.7. The van der Waals surface area contributed by atoms with Gasteiger partial charge >= 0.3 is 5.97 Å². The van der Waals surface area contributed by atoms with Crippen molar-refractivity contribution in [2.45, 2.75) is 108 Å². The van der Waals surface area contributed by atoms with Crippen molar-refractivity contribution in [2.75, 3.05) is 46.4 Å². The van der Waals surface area contributed by atoms with Gasteiger partial charge in [0.15, 0.2) is 0 Å². The second-order valence-corrected chi connectivity index (χ2v) is 12.9. The van der Waals surface area contributed by atoms with Crippen LogP contribution in [-0.4, -0.2) is 105 Å². The van der Waals surface area contributed by atoms with E-state index < -0.39 is 24.0 Å². The topological polar surface area (TPSA) is 203 Å². The van der Waals surface area contributed by atoms with E-state index in [1.165, 1.54) is 5.57 Å². The minimum absolute atomic E-state index is 0.000428. The molecule has 1 saturated carbocycles. The standard InChI is InChI=1S/C32H53N5O9/c1-21(2)11-12-25-31(3,46-25)30-29(43-4)24(13-14-32(30)20-44-32)45-28(42)10-8-6-5-7-9-15-35-26(40)18-34-16-22(38)23(39)17-36-27(41)19-37-33/h11,24-25,29-30,34,37H,5-10,12-20,33H2,1-4H3,(H,35,40)(H,36,41)/t24?,25-,29?,30?,31?,32+/m1/s1. The molecule has 1 aliphatic carbocycles. The fourth-order valence-electron chi connectivity index (χ4n) is 6.33. The summed E-state index contributed by atoms with van der Waals surface area (Å²) in [6.07, 6.45) is 8.61. The normalized spacial score (nSPS) is 27.8. The Morgan fingerprint density at radius 2 is 1.61 bits per heavy atom. The number of Topliss-reactive ketones (excluding diaryl/α,β-unsaturated/α-hetero) is 2. The first-order valence-electron chi connectivity index (χ1n) is 16.4. The van der Waals surface area contributed by atoms with E-state index >= 15 is 0 Å². The van der Waals surface area contributed by atoms with Gasteiger partial charge < -0.3 is 34.9 Å². The van der Waals surface area contributed by atoms with E-state index in [0.29, 0.717) is 26.0 Å². The van der Waals surface area contributed by atoms with E-state index in [0.717, 1.165) is 44.9 Å². The summed E-state index contributed by atoms with van der Waals surface area (Å²) < 4.78 is 24.1. The number of carbonyl (C=O) groups excluding carboxylic acids is 5. The molecule has 0 radical (unpaired) electrons. The lowest BCUT2D eigenvalue weighted by Crippen LogP contribution is -2.55. The van der Waals surface area contributed by atoms with Gasteiger partial charge in [-0.2, -0.15) is 0 Å². The molecule has 6 N–H and O–H groups in total. The number of nitrogens with one attached hydrogen (secondary N) is 4. The molecule has 14 nitrogen and oxygen atoms in total. The Kier molecular flexibility index (Phi) is 14.7. The predicted molar refractivity (Wildman–Crippen MR) is 168 cm³/mol. The lowest BCUT2D eigenvalue weighted by atomic mass is 9.68. The Labute approximate surface area is 271 Å². The molecule has 2 aliphatic heterocycles. The molecule has 1 spiro atoms. The summed E-state index contributed by atoms with van der Waals surface area (Å²) >= 11 is 0. The molecule has 2 saturated heterocycles. The number of ether oxygens (including phenoxy) is 4. The molecule has 4 unspecified atom stereocenters. The van der Waals surface area contributed by atoms with E-state index in [1.54, 1.807) is 7.11 Å². The largest absolute Gasteiger partial charge is 0.460 e. The van der Waals surface area contributed by atoms with Crippen molar-refractivity contribution in [2.24, 2.45) is 11.8 Å². The molecular weight excluding hydrogens is 598 g/mol. The number of methoxy groups -OCH3 is 1. The van der Waals surface area contributed by atoms with Gasteiger partial charge in [-0.3, -0.25) is 35.2 Å². The van der Waals surface area contributed by atoms with Crippen LogP contribution in [0, 0.1) is 5.92 Å². The monoisotopic (exact) mass is 651 g/mol. The third-order valence-electron chi connectivity index (χ3n) is 8.99. The number of esters is 1. The van der Waals surface area contributed by atoms with Crippen molar-refractivity contribution in [3.8, 4) is 0 Å². The van der Waals surface area contributed by atoms with Gasteiger partial charge in [-0.05, 0) is 52.9 Å². The van der Waals surface area contributed by atoms with Gasteiger partial charge in [0.25, 0.3) is 0 Å². The van der Waals surface area contributed by atoms with E-state index in [1.807, 2.05) is 0 Å². The third kappa shape index (κ3) is 11.2. The van der Waals surface area contributed by atoms with Crippen LogP contribution in [0.3, 0.4) is 0 Å². The van der Waals surface area contributed by atoms with Crippen LogP contribution in [0.5, 0.6) is 0 Å². The summed E-state index contributed by atoms with van der Waals surface area (Å²) in [7, 11) is 1.67. The highest BCUT2D eigenvalue weighted by Gasteiger charge is 2.72. The van der Waals surface area contributed by atoms with Crippen LogP contribution in [0.15, 0.2) is 11.6 Å². The van der Waals surface area contributed by atoms with Crippen LogP contribution in [0.2, 0.25) is 0 Å². The highest BCUT2D eigenvalue weighted by molar-refractivity contribution is 6.39. The molecule has 3 fully saturated rings. The number of ketones is 2. The molecule has 0 aromatic carbocycles. The maximum absolute atomic E-state index is 12.8. The molecule has 3 rings (SSSR count). The number of carbonyl (C=O) groups is 5. The van der Waals surface area contributed by atoms with Crippen molar-refractivity contribution in [3.63, 3.8) is 0 Å². The highest BCUT2D eigenvalue weighted by atomic mass is 16.6. The molecule has 0 bridgehead atoms. The molecule has 2 amide bonds. The zero-order valence-electron chi connectivity index (χ0n) is 27.7. The SMILES string of the molecule is COC1C(OC(=O)CCCCCCCNC(=O)CNCC(=O)C(=O)CNC(=O)CNN)CC[C@]2(CO2)C1C1(C)O[C@@H]1CC=C(C)C. The number of unbranched alkanes of at least 4 members (excludes halogenated alkanes) is 4. The highest BCUT2D eigenvalue weighted by Crippen LogP contribution is 2.59. The van der Waals surface area contributed by atoms with E-state index in [-0.39, 0.29) is 66.9 Å². The van der Waals surface area contributed by atoms with Crippen LogP contribution in [0.1, 0.15) is 78.6 Å². The second-order valence-electron chi connectivity index (χ2n) is 12.9. The fourth-order valence-corrected chi connectivity index (χ4v) is 6.33. The molecule has 0 aromatic rings. The molecular formula is C32H53N5O9. The average molecular weight is 652 g/mol. The zero-order chi connectivity index (χ0) is 33.7. The predicted octanol–water partition coefficient (Wildman–Crippen LogP) is 0.370. The summed E-state index contributed by atoms with van der Waals surface area (Å²) in [6, 6.07) is 0. The lowest BCUT2D eigenvalue weighted by Gasteiger charge is -2.42. The number of epoxide rings is 2. The average Bonchev–Trinajstić information content (AvgIpc) is 3.93. The van der Waals surface area contributed by atoms with E-state index in [2.05, 4.69) is 48.2 Å². The Morgan fingerprint density at radius 3 is 2.28 bits per heavy atom. The summed E-state index contributed by atoms with van der Waals surface area (Å²) in [5.41, 5.74) is 2.78. The summed E-state index contributed by atoms with van der Waals surface area (Å²) in [5, 5.41) is 7.66. The van der Waals surface area contributed by atoms with Gasteiger partial charge in [0.05, 0.1) is 44.8 Å². The van der Waals surface area contributed by atoms with Gasteiger partial charge in [0.2, 0.25) is 23.4 Å². The van der Waals surface area contributed by atoms with Crippen molar-refractivity contribution >= 4 is 29.4 Å². The third-order valence-corrected chi connectivity index (χ3v) is 8.99. The van der Waals surface area contributed by atoms with Gasteiger partial charge in [-0.25, -0.2) is 0 Å². The second kappa shape index (κ2) is 18.0. The van der Waals surface area contributed by atoms with Crippen LogP contribution in [-0.2, 0) is 42.9 Å². The Hall–Kier alpha value is -2.75. The lowest BCUT2D eigenvalue weighted by molar-refractivity contribution is -0.172. The molecule has 3 aliphatic rings. The van der Waals surface area contributed by atoms with E-state index in [9.17, 15) is 24.0 Å². The number of hydrazine groups is 1. The smallest absolute Gasteiger partial charge is 0.306 e. The maximum atomic E-state index is 12.8. The Bertz CT molecular complexity index is 1110.